The first-order valence-electron chi connectivity index (χ1n) is 9.76. The molecule has 0 fully saturated rings. The average molecular weight is 363 g/mol. The van der Waals surface area contributed by atoms with Crippen molar-refractivity contribution in [3.63, 3.8) is 0 Å². The lowest BCUT2D eigenvalue weighted by Crippen LogP contribution is -2.27. The number of hydrogen-bond donors (Lipinski definition) is 2. The molecule has 146 valence electrons. The summed E-state index contributed by atoms with van der Waals surface area (Å²) < 4.78 is 0. The lowest BCUT2D eigenvalue weighted by molar-refractivity contribution is -0.137. The Balaban J connectivity index is 2.65. The fraction of sp³-hybridized carbons (Fsp3) is 0.636. The van der Waals surface area contributed by atoms with Gasteiger partial charge < -0.3 is 10.2 Å². The third-order valence-corrected chi connectivity index (χ3v) is 5.05. The number of carboxylic acid groups (broad SMARTS) is 1. The summed E-state index contributed by atoms with van der Waals surface area (Å²) in [5.41, 5.74) is 1.68. The third kappa shape index (κ3) is 7.69. The molecule has 0 unspecified atom stereocenters. The SMILES string of the molecule is CCCCC(C)(C)[C@H](O)C=CC1=C(CC=CCCCC(=O)O)C(=O)CC1. The number of carbonyl (C=O) groups is 2. The van der Waals surface area contributed by atoms with Gasteiger partial charge in [0.15, 0.2) is 5.78 Å². The molecule has 4 heteroatoms. The van der Waals surface area contributed by atoms with Gasteiger partial charge in [0.25, 0.3) is 0 Å². The van der Waals surface area contributed by atoms with Crippen LogP contribution in [0, 0.1) is 5.41 Å². The number of carbonyl (C=O) groups excluding carboxylic acids is 1. The van der Waals surface area contributed by atoms with Crippen molar-refractivity contribution in [2.24, 2.45) is 5.41 Å². The number of carboxylic acids is 1. The third-order valence-electron chi connectivity index (χ3n) is 5.05. The van der Waals surface area contributed by atoms with Gasteiger partial charge in [0.05, 0.1) is 6.10 Å². The number of rotatable bonds is 12. The van der Waals surface area contributed by atoms with E-state index < -0.39 is 12.1 Å². The monoisotopic (exact) mass is 362 g/mol. The van der Waals surface area contributed by atoms with E-state index in [0.29, 0.717) is 25.7 Å². The van der Waals surface area contributed by atoms with Crippen LogP contribution in [0.1, 0.15) is 78.6 Å². The topological polar surface area (TPSA) is 74.6 Å². The van der Waals surface area contributed by atoms with Crippen LogP contribution in [0.25, 0.3) is 0 Å². The van der Waals surface area contributed by atoms with Gasteiger partial charge >= 0.3 is 5.97 Å². The first-order valence-corrected chi connectivity index (χ1v) is 9.76. The summed E-state index contributed by atoms with van der Waals surface area (Å²) in [6.07, 6.45) is 13.7. The molecule has 1 atom stereocenters. The highest BCUT2D eigenvalue weighted by Gasteiger charge is 2.26. The van der Waals surface area contributed by atoms with Gasteiger partial charge in [-0.25, -0.2) is 0 Å². The van der Waals surface area contributed by atoms with Gasteiger partial charge in [-0.2, -0.15) is 0 Å². The van der Waals surface area contributed by atoms with E-state index in [1.165, 1.54) is 0 Å². The van der Waals surface area contributed by atoms with Crippen molar-refractivity contribution in [1.82, 2.24) is 0 Å². The second-order valence-corrected chi connectivity index (χ2v) is 7.78. The van der Waals surface area contributed by atoms with Gasteiger partial charge in [-0.15, -0.1) is 0 Å². The Bertz CT molecular complexity index is 567. The van der Waals surface area contributed by atoms with Crippen molar-refractivity contribution < 1.29 is 19.8 Å². The van der Waals surface area contributed by atoms with Crippen LogP contribution in [0.5, 0.6) is 0 Å². The predicted octanol–water partition coefficient (Wildman–Crippen LogP) is 4.98. The van der Waals surface area contributed by atoms with Crippen LogP contribution in [-0.4, -0.2) is 28.1 Å². The molecule has 1 rings (SSSR count). The van der Waals surface area contributed by atoms with Crippen molar-refractivity contribution in [3.8, 4) is 0 Å². The summed E-state index contributed by atoms with van der Waals surface area (Å²) in [6, 6.07) is 0. The number of allylic oxidation sites excluding steroid dienone is 5. The minimum atomic E-state index is -0.778. The maximum atomic E-state index is 12.1. The van der Waals surface area contributed by atoms with E-state index in [9.17, 15) is 14.7 Å². The standard InChI is InChI=1S/C22H34O4/c1-4-5-16-22(2,3)20(24)15-13-17-12-14-19(23)18(17)10-8-6-7-9-11-21(25)26/h6,8,13,15,20,24H,4-5,7,9-12,14,16H2,1-3H3,(H,25,26)/t20-/m1/s1. The summed E-state index contributed by atoms with van der Waals surface area (Å²) in [6.45, 7) is 6.30. The average Bonchev–Trinajstić information content (AvgIpc) is 2.93. The Labute approximate surface area is 157 Å². The van der Waals surface area contributed by atoms with Gasteiger partial charge in [0, 0.05) is 18.4 Å². The zero-order valence-corrected chi connectivity index (χ0v) is 16.5. The summed E-state index contributed by atoms with van der Waals surface area (Å²) in [4.78, 5) is 22.6. The Morgan fingerprint density at radius 2 is 1.96 bits per heavy atom. The molecule has 4 nitrogen and oxygen atoms in total. The number of aliphatic hydroxyl groups is 1. The van der Waals surface area contributed by atoms with Crippen LogP contribution in [0.15, 0.2) is 35.5 Å². The molecule has 0 heterocycles. The molecular weight excluding hydrogens is 328 g/mol. The molecule has 0 saturated carbocycles. The van der Waals surface area contributed by atoms with E-state index in [2.05, 4.69) is 20.8 Å². The molecule has 0 aromatic carbocycles. The van der Waals surface area contributed by atoms with Crippen molar-refractivity contribution in [1.29, 1.82) is 0 Å². The fourth-order valence-electron chi connectivity index (χ4n) is 3.10. The van der Waals surface area contributed by atoms with E-state index in [0.717, 1.165) is 36.8 Å². The van der Waals surface area contributed by atoms with E-state index in [-0.39, 0.29) is 17.6 Å². The van der Waals surface area contributed by atoms with Gasteiger partial charge in [0.1, 0.15) is 0 Å². The second-order valence-electron chi connectivity index (χ2n) is 7.78. The summed E-state index contributed by atoms with van der Waals surface area (Å²) >= 11 is 0. The van der Waals surface area contributed by atoms with Gasteiger partial charge in [-0.05, 0) is 43.1 Å². The zero-order chi connectivity index (χ0) is 19.6. The van der Waals surface area contributed by atoms with Crippen LogP contribution >= 0.6 is 0 Å². The molecule has 1 aliphatic rings. The first-order chi connectivity index (χ1) is 12.3. The van der Waals surface area contributed by atoms with Crippen LogP contribution in [-0.2, 0) is 9.59 Å². The van der Waals surface area contributed by atoms with Crippen molar-refractivity contribution in [2.45, 2.75) is 84.7 Å². The summed E-state index contributed by atoms with van der Waals surface area (Å²) in [5, 5.41) is 19.1. The predicted molar refractivity (Wildman–Crippen MR) is 105 cm³/mol. The molecule has 0 aliphatic heterocycles. The molecule has 0 aromatic heterocycles. The highest BCUT2D eigenvalue weighted by Crippen LogP contribution is 2.31. The number of aliphatic carboxylic acids is 1. The maximum Gasteiger partial charge on any atom is 0.303 e. The minimum Gasteiger partial charge on any atom is -0.481 e. The molecule has 0 amide bonds. The molecule has 0 spiro atoms. The van der Waals surface area contributed by atoms with Gasteiger partial charge in [0.2, 0.25) is 0 Å². The van der Waals surface area contributed by atoms with E-state index >= 15 is 0 Å². The van der Waals surface area contributed by atoms with E-state index in [1.807, 2.05) is 24.3 Å². The van der Waals surface area contributed by atoms with Gasteiger partial charge in [-0.3, -0.25) is 9.59 Å². The Morgan fingerprint density at radius 3 is 2.62 bits per heavy atom. The lowest BCUT2D eigenvalue weighted by Gasteiger charge is -2.28. The molecule has 2 N–H and O–H groups in total. The Kier molecular flexibility index (Phi) is 9.57. The molecular formula is C22H34O4. The second kappa shape index (κ2) is 11.1. The highest BCUT2D eigenvalue weighted by atomic mass is 16.4. The number of unbranched alkanes of at least 4 members (excludes halogenated alkanes) is 2. The number of aliphatic hydroxyl groups excluding tert-OH is 1. The normalized spacial score (nSPS) is 17.0. The van der Waals surface area contributed by atoms with E-state index in [1.54, 1.807) is 0 Å². The quantitative estimate of drug-likeness (QED) is 0.379. The fourth-order valence-corrected chi connectivity index (χ4v) is 3.10. The highest BCUT2D eigenvalue weighted by molar-refractivity contribution is 5.99. The van der Waals surface area contributed by atoms with Crippen LogP contribution in [0.3, 0.4) is 0 Å². The van der Waals surface area contributed by atoms with E-state index in [4.69, 9.17) is 5.11 Å². The zero-order valence-electron chi connectivity index (χ0n) is 16.5. The number of Topliss-reactive ketones (excluding diaryl/α,β-unsaturated/α-hetero) is 1. The van der Waals surface area contributed by atoms with Crippen molar-refractivity contribution >= 4 is 11.8 Å². The number of hydrogen-bond acceptors (Lipinski definition) is 3. The summed E-state index contributed by atoms with van der Waals surface area (Å²) in [7, 11) is 0. The molecule has 0 bridgehead atoms. The van der Waals surface area contributed by atoms with Crippen LogP contribution in [0.2, 0.25) is 0 Å². The lowest BCUT2D eigenvalue weighted by atomic mass is 9.81. The summed E-state index contributed by atoms with van der Waals surface area (Å²) in [5.74, 6) is -0.598. The first kappa shape index (κ1) is 22.4. The van der Waals surface area contributed by atoms with Crippen molar-refractivity contribution in [3.05, 3.63) is 35.5 Å². The molecule has 1 aliphatic carbocycles. The molecule has 26 heavy (non-hydrogen) atoms. The maximum absolute atomic E-state index is 12.1. The molecule has 0 saturated heterocycles. The Hall–Kier alpha value is -1.68. The van der Waals surface area contributed by atoms with Crippen LogP contribution in [0.4, 0.5) is 0 Å². The minimum absolute atomic E-state index is 0.167. The van der Waals surface area contributed by atoms with Crippen molar-refractivity contribution in [2.75, 3.05) is 0 Å². The Morgan fingerprint density at radius 1 is 1.23 bits per heavy atom. The molecule has 0 radical (unpaired) electrons. The smallest absolute Gasteiger partial charge is 0.303 e. The van der Waals surface area contributed by atoms with Crippen LogP contribution < -0.4 is 0 Å². The van der Waals surface area contributed by atoms with Gasteiger partial charge in [-0.1, -0.05) is 57.9 Å². The largest absolute Gasteiger partial charge is 0.481 e. The number of ketones is 1. The molecule has 0 aromatic rings.